The van der Waals surface area contributed by atoms with Crippen LogP contribution in [0.1, 0.15) is 45.2 Å². The molecule has 2 aliphatic heterocycles. The summed E-state index contributed by atoms with van der Waals surface area (Å²) in [4.78, 5) is 25.2. The van der Waals surface area contributed by atoms with Gasteiger partial charge >= 0.3 is 5.97 Å². The first-order valence-corrected chi connectivity index (χ1v) is 14.7. The van der Waals surface area contributed by atoms with E-state index in [1.54, 1.807) is 0 Å². The molecule has 4 aromatic rings. The Morgan fingerprint density at radius 2 is 2.10 bits per heavy atom. The fourth-order valence-electron chi connectivity index (χ4n) is 5.09. The van der Waals surface area contributed by atoms with E-state index in [1.165, 1.54) is 30.6 Å². The lowest BCUT2D eigenvalue weighted by atomic mass is 10.0. The van der Waals surface area contributed by atoms with Crippen molar-refractivity contribution in [1.82, 2.24) is 19.4 Å². The highest BCUT2D eigenvalue weighted by atomic mass is 35.5. The van der Waals surface area contributed by atoms with Gasteiger partial charge in [-0.2, -0.15) is 0 Å². The molecule has 0 radical (unpaired) electrons. The zero-order chi connectivity index (χ0) is 28.5. The van der Waals surface area contributed by atoms with Crippen LogP contribution in [0.15, 0.2) is 42.5 Å². The number of imidazole rings is 1. The molecular weight excluding hydrogens is 567 g/mol. The Morgan fingerprint density at radius 1 is 1.24 bits per heavy atom. The Labute approximate surface area is 246 Å². The van der Waals surface area contributed by atoms with Crippen LogP contribution in [0, 0.1) is 12.7 Å². The minimum Gasteiger partial charge on any atom is -0.473 e. The van der Waals surface area contributed by atoms with E-state index in [1.807, 2.05) is 31.2 Å². The van der Waals surface area contributed by atoms with E-state index < -0.39 is 0 Å². The largest absolute Gasteiger partial charge is 0.473 e. The van der Waals surface area contributed by atoms with Crippen LogP contribution in [0.25, 0.3) is 15.9 Å². The highest BCUT2D eigenvalue weighted by Gasteiger charge is 2.25. The number of hydrogen-bond donors (Lipinski definition) is 0. The summed E-state index contributed by atoms with van der Waals surface area (Å²) >= 11 is 7.39. The van der Waals surface area contributed by atoms with Gasteiger partial charge in [0, 0.05) is 36.9 Å². The number of rotatable bonds is 9. The minimum atomic E-state index is -0.382. The Morgan fingerprint density at radius 3 is 2.80 bits per heavy atom. The molecule has 5 heterocycles. The van der Waals surface area contributed by atoms with Crippen LogP contribution in [0.5, 0.6) is 5.88 Å². The highest BCUT2D eigenvalue weighted by Crippen LogP contribution is 2.30. The minimum absolute atomic E-state index is 0.152. The predicted octanol–water partition coefficient (Wildman–Crippen LogP) is 6.04. The lowest BCUT2D eigenvalue weighted by molar-refractivity contribution is -0.0591. The van der Waals surface area contributed by atoms with Crippen molar-refractivity contribution in [3.05, 3.63) is 80.8 Å². The summed E-state index contributed by atoms with van der Waals surface area (Å²) < 4.78 is 33.2. The summed E-state index contributed by atoms with van der Waals surface area (Å²) in [6.07, 6.45) is 3.98. The summed E-state index contributed by atoms with van der Waals surface area (Å²) in [6.45, 7) is 5.82. The van der Waals surface area contributed by atoms with Crippen LogP contribution in [0.3, 0.4) is 0 Å². The number of thiophene rings is 1. The number of esters is 1. The third-order valence-corrected chi connectivity index (χ3v) is 8.76. The number of aromatic nitrogens is 3. The number of pyridine rings is 1. The van der Waals surface area contributed by atoms with E-state index in [4.69, 9.17) is 30.8 Å². The van der Waals surface area contributed by atoms with Crippen molar-refractivity contribution in [1.29, 1.82) is 0 Å². The molecule has 8 nitrogen and oxygen atoms in total. The van der Waals surface area contributed by atoms with Gasteiger partial charge in [0.15, 0.2) is 0 Å². The fraction of sp³-hybridized carbons (Fsp3) is 0.367. The molecule has 2 aliphatic rings. The predicted molar refractivity (Wildman–Crippen MR) is 156 cm³/mol. The van der Waals surface area contributed by atoms with E-state index in [0.717, 1.165) is 58.9 Å². The standard InChI is InChI=1S/C30H30ClFN4O4S/c1-18-11-21(31)4-3-20(18)17-40-28-13-22(32)12-24(33-28)19-5-8-35(9-6-19)16-27-34-29-25(14-26(41-29)30(37)38-2)36(27)15-23-7-10-39-23/h3-5,11-14,23H,6-10,15-17H2,1-2H3. The first-order valence-electron chi connectivity index (χ1n) is 13.5. The van der Waals surface area contributed by atoms with Crippen molar-refractivity contribution >= 4 is 44.8 Å². The molecule has 1 saturated heterocycles. The van der Waals surface area contributed by atoms with Crippen molar-refractivity contribution in [3.8, 4) is 5.88 Å². The number of benzene rings is 1. The lowest BCUT2D eigenvalue weighted by Crippen LogP contribution is -2.33. The molecule has 1 unspecified atom stereocenters. The van der Waals surface area contributed by atoms with Gasteiger partial charge in [0.25, 0.3) is 0 Å². The number of methoxy groups -OCH3 is 1. The molecule has 3 aromatic heterocycles. The van der Waals surface area contributed by atoms with Gasteiger partial charge in [-0.15, -0.1) is 11.3 Å². The Kier molecular flexibility index (Phi) is 8.07. The molecule has 41 heavy (non-hydrogen) atoms. The number of carbonyl (C=O) groups is 1. The van der Waals surface area contributed by atoms with Crippen molar-refractivity contribution < 1.29 is 23.4 Å². The molecule has 0 aliphatic carbocycles. The van der Waals surface area contributed by atoms with Gasteiger partial charge in [-0.3, -0.25) is 4.90 Å². The van der Waals surface area contributed by atoms with E-state index in [0.29, 0.717) is 35.2 Å². The number of aryl methyl sites for hydroxylation is 1. The second-order valence-corrected chi connectivity index (χ2v) is 11.8. The average molecular weight is 597 g/mol. The summed E-state index contributed by atoms with van der Waals surface area (Å²) in [5.74, 6) is 0.457. The van der Waals surface area contributed by atoms with Crippen LogP contribution in [-0.2, 0) is 29.2 Å². The van der Waals surface area contributed by atoms with Crippen molar-refractivity contribution in [2.75, 3.05) is 26.8 Å². The normalized spacial score (nSPS) is 17.4. The fourth-order valence-corrected chi connectivity index (χ4v) is 6.29. The lowest BCUT2D eigenvalue weighted by Gasteiger charge is -2.29. The molecule has 214 valence electrons. The van der Waals surface area contributed by atoms with E-state index in [2.05, 4.69) is 20.5 Å². The topological polar surface area (TPSA) is 78.7 Å². The number of hydrogen-bond acceptors (Lipinski definition) is 8. The smallest absolute Gasteiger partial charge is 0.348 e. The SMILES string of the molecule is COC(=O)c1cc2c(nc(CN3CC=C(c4cc(F)cc(OCc5ccc(Cl)cc5C)n4)CC3)n2CC2CCO2)s1. The maximum atomic E-state index is 14.5. The zero-order valence-electron chi connectivity index (χ0n) is 22.9. The average Bonchev–Trinajstić information content (AvgIpc) is 3.48. The molecule has 0 spiro atoms. The van der Waals surface area contributed by atoms with Crippen molar-refractivity contribution in [2.24, 2.45) is 0 Å². The second kappa shape index (κ2) is 11.9. The van der Waals surface area contributed by atoms with Crippen LogP contribution in [0.2, 0.25) is 5.02 Å². The van der Waals surface area contributed by atoms with Gasteiger partial charge in [-0.25, -0.2) is 19.2 Å². The summed E-state index contributed by atoms with van der Waals surface area (Å²) in [6, 6.07) is 10.2. The van der Waals surface area contributed by atoms with Crippen LogP contribution in [0.4, 0.5) is 4.39 Å². The van der Waals surface area contributed by atoms with Gasteiger partial charge in [-0.1, -0.05) is 23.7 Å². The molecule has 1 aromatic carbocycles. The number of ether oxygens (including phenoxy) is 3. The summed E-state index contributed by atoms with van der Waals surface area (Å²) in [5.41, 5.74) is 4.49. The number of carbonyl (C=O) groups excluding carboxylic acids is 1. The maximum Gasteiger partial charge on any atom is 0.348 e. The third-order valence-electron chi connectivity index (χ3n) is 7.53. The van der Waals surface area contributed by atoms with E-state index >= 15 is 0 Å². The molecule has 1 atom stereocenters. The highest BCUT2D eigenvalue weighted by molar-refractivity contribution is 7.20. The molecule has 0 amide bonds. The van der Waals surface area contributed by atoms with E-state index in [-0.39, 0.29) is 30.4 Å². The first-order chi connectivity index (χ1) is 19.9. The number of halogens is 2. The Hall–Kier alpha value is -3.31. The second-order valence-electron chi connectivity index (χ2n) is 10.3. The molecule has 0 bridgehead atoms. The zero-order valence-corrected chi connectivity index (χ0v) is 24.4. The summed E-state index contributed by atoms with van der Waals surface area (Å²) in [7, 11) is 1.38. The number of nitrogens with zero attached hydrogens (tertiary/aromatic N) is 4. The maximum absolute atomic E-state index is 14.5. The van der Waals surface area contributed by atoms with Crippen LogP contribution < -0.4 is 4.74 Å². The van der Waals surface area contributed by atoms with Crippen LogP contribution in [-0.4, -0.2) is 58.3 Å². The molecule has 0 N–H and O–H groups in total. The van der Waals surface area contributed by atoms with Gasteiger partial charge in [-0.05, 0) is 54.7 Å². The Balaban J connectivity index is 1.15. The Bertz CT molecular complexity index is 1630. The quantitative estimate of drug-likeness (QED) is 0.218. The van der Waals surface area contributed by atoms with Crippen molar-refractivity contribution in [2.45, 2.75) is 45.6 Å². The molecule has 11 heteroatoms. The molecule has 0 saturated carbocycles. The van der Waals surface area contributed by atoms with Gasteiger partial charge in [0.05, 0.1) is 37.5 Å². The third kappa shape index (κ3) is 6.16. The first kappa shape index (κ1) is 27.8. The van der Waals surface area contributed by atoms with Gasteiger partial charge in [0.1, 0.15) is 28.0 Å². The number of fused-ring (bicyclic) bond motifs is 1. The van der Waals surface area contributed by atoms with Crippen molar-refractivity contribution in [3.63, 3.8) is 0 Å². The van der Waals surface area contributed by atoms with Crippen LogP contribution >= 0.6 is 22.9 Å². The molecule has 6 rings (SSSR count). The molecular formula is C30H30ClFN4O4S. The monoisotopic (exact) mass is 596 g/mol. The summed E-state index contributed by atoms with van der Waals surface area (Å²) in [5, 5.41) is 0.666. The van der Waals surface area contributed by atoms with Gasteiger partial charge in [0.2, 0.25) is 5.88 Å². The molecule has 1 fully saturated rings. The van der Waals surface area contributed by atoms with E-state index in [9.17, 15) is 9.18 Å². The van der Waals surface area contributed by atoms with Gasteiger partial charge < -0.3 is 18.8 Å².